The van der Waals surface area contributed by atoms with Gasteiger partial charge in [0.05, 0.1) is 12.7 Å². The molecule has 2 N–H and O–H groups in total. The smallest absolute Gasteiger partial charge is 0.213 e. The summed E-state index contributed by atoms with van der Waals surface area (Å²) in [5.74, 6) is 1.70. The van der Waals surface area contributed by atoms with Crippen molar-refractivity contribution in [1.29, 1.82) is 0 Å². The normalized spacial score (nSPS) is 12.3. The van der Waals surface area contributed by atoms with E-state index in [9.17, 15) is 4.39 Å². The van der Waals surface area contributed by atoms with E-state index in [4.69, 9.17) is 4.42 Å². The molecule has 0 aliphatic carbocycles. The molecule has 0 atom stereocenters. The lowest BCUT2D eigenvalue weighted by atomic mass is 9.94. The molecule has 0 bridgehead atoms. The van der Waals surface area contributed by atoms with Crippen molar-refractivity contribution in [3.8, 4) is 0 Å². The van der Waals surface area contributed by atoms with Crippen molar-refractivity contribution in [2.45, 2.75) is 39.3 Å². The second kappa shape index (κ2) is 7.79. The predicted octanol–water partition coefficient (Wildman–Crippen LogP) is 3.74. The Morgan fingerprint density at radius 3 is 2.62 bits per heavy atom. The average molecular weight is 397 g/mol. The Bertz CT molecular complexity index is 722. The fourth-order valence-electron chi connectivity index (χ4n) is 1.98. The standard InChI is InChI=1S/C17H22BrFN4O/c1-17(2,3)14-9-21-15(24-14)10-23-16(20-4)22-8-11-7-12(18)5-6-13(11)19/h5-7,9H,8,10H2,1-4H3,(H2,20,22,23). The minimum atomic E-state index is -0.260. The van der Waals surface area contributed by atoms with Gasteiger partial charge in [-0.2, -0.15) is 0 Å². The molecule has 5 nitrogen and oxygen atoms in total. The van der Waals surface area contributed by atoms with Crippen molar-refractivity contribution in [3.63, 3.8) is 0 Å². The second-order valence-corrected chi connectivity index (χ2v) is 7.30. The molecule has 2 aromatic rings. The van der Waals surface area contributed by atoms with Gasteiger partial charge < -0.3 is 15.1 Å². The van der Waals surface area contributed by atoms with Crippen LogP contribution in [0, 0.1) is 5.82 Å². The molecule has 0 spiro atoms. The monoisotopic (exact) mass is 396 g/mol. The Morgan fingerprint density at radius 1 is 1.29 bits per heavy atom. The highest BCUT2D eigenvalue weighted by molar-refractivity contribution is 9.10. The van der Waals surface area contributed by atoms with Crippen molar-refractivity contribution in [2.75, 3.05) is 7.05 Å². The minimum absolute atomic E-state index is 0.0800. The van der Waals surface area contributed by atoms with E-state index in [0.717, 1.165) is 10.2 Å². The molecule has 24 heavy (non-hydrogen) atoms. The third-order valence-electron chi connectivity index (χ3n) is 3.38. The van der Waals surface area contributed by atoms with Gasteiger partial charge in [0.15, 0.2) is 5.96 Å². The molecule has 7 heteroatoms. The summed E-state index contributed by atoms with van der Waals surface area (Å²) in [7, 11) is 1.66. The van der Waals surface area contributed by atoms with Crippen LogP contribution in [0.25, 0.3) is 0 Å². The van der Waals surface area contributed by atoms with Crippen LogP contribution in [0.5, 0.6) is 0 Å². The van der Waals surface area contributed by atoms with E-state index in [1.807, 2.05) is 0 Å². The Morgan fingerprint density at radius 2 is 2.00 bits per heavy atom. The average Bonchev–Trinajstić information content (AvgIpc) is 3.00. The molecular formula is C17H22BrFN4O. The number of halogens is 2. The summed E-state index contributed by atoms with van der Waals surface area (Å²) in [6, 6.07) is 4.83. The van der Waals surface area contributed by atoms with Crippen LogP contribution >= 0.6 is 15.9 Å². The number of guanidine groups is 1. The van der Waals surface area contributed by atoms with Gasteiger partial charge in [0.2, 0.25) is 5.89 Å². The first kappa shape index (κ1) is 18.4. The van der Waals surface area contributed by atoms with Gasteiger partial charge in [-0.15, -0.1) is 0 Å². The van der Waals surface area contributed by atoms with E-state index in [0.29, 0.717) is 30.5 Å². The Hall–Kier alpha value is -1.89. The number of rotatable bonds is 4. The van der Waals surface area contributed by atoms with Crippen LogP contribution in [0.1, 0.15) is 38.0 Å². The number of benzene rings is 1. The van der Waals surface area contributed by atoms with Gasteiger partial charge >= 0.3 is 0 Å². The fraction of sp³-hybridized carbons (Fsp3) is 0.412. The predicted molar refractivity (Wildman–Crippen MR) is 96.3 cm³/mol. The number of aromatic nitrogens is 1. The Labute approximate surface area is 149 Å². The maximum Gasteiger partial charge on any atom is 0.213 e. The van der Waals surface area contributed by atoms with E-state index in [1.54, 1.807) is 25.4 Å². The van der Waals surface area contributed by atoms with Gasteiger partial charge in [-0.3, -0.25) is 4.99 Å². The molecule has 1 aromatic heterocycles. The third-order valence-corrected chi connectivity index (χ3v) is 3.87. The number of nitrogens with one attached hydrogen (secondary N) is 2. The summed E-state index contributed by atoms with van der Waals surface area (Å²) in [6.07, 6.45) is 1.74. The summed E-state index contributed by atoms with van der Waals surface area (Å²) < 4.78 is 20.3. The Kier molecular flexibility index (Phi) is 5.99. The van der Waals surface area contributed by atoms with E-state index < -0.39 is 0 Å². The molecule has 1 aromatic carbocycles. The van der Waals surface area contributed by atoms with Crippen LogP contribution < -0.4 is 10.6 Å². The third kappa shape index (κ3) is 5.06. The summed E-state index contributed by atoms with van der Waals surface area (Å²) in [4.78, 5) is 8.37. The van der Waals surface area contributed by atoms with Crippen molar-refractivity contribution >= 4 is 21.9 Å². The first-order valence-electron chi connectivity index (χ1n) is 7.63. The molecule has 1 heterocycles. The summed E-state index contributed by atoms with van der Waals surface area (Å²) in [5.41, 5.74) is 0.474. The van der Waals surface area contributed by atoms with Gasteiger partial charge in [-0.05, 0) is 18.2 Å². The number of aliphatic imine (C=N–C) groups is 1. The van der Waals surface area contributed by atoms with Gasteiger partial charge in [0.1, 0.15) is 11.6 Å². The molecule has 0 radical (unpaired) electrons. The molecule has 0 unspecified atom stereocenters. The quantitative estimate of drug-likeness (QED) is 0.610. The number of nitrogens with zero attached hydrogens (tertiary/aromatic N) is 2. The van der Waals surface area contributed by atoms with E-state index in [2.05, 4.69) is 57.3 Å². The lowest BCUT2D eigenvalue weighted by Gasteiger charge is -2.13. The van der Waals surface area contributed by atoms with Crippen molar-refractivity contribution < 1.29 is 8.81 Å². The Balaban J connectivity index is 1.91. The number of hydrogen-bond acceptors (Lipinski definition) is 3. The molecule has 0 saturated heterocycles. The van der Waals surface area contributed by atoms with Crippen LogP contribution in [0.2, 0.25) is 0 Å². The summed E-state index contributed by atoms with van der Waals surface area (Å²) >= 11 is 3.34. The van der Waals surface area contributed by atoms with Crippen molar-refractivity contribution in [1.82, 2.24) is 15.6 Å². The van der Waals surface area contributed by atoms with Crippen LogP contribution in [0.4, 0.5) is 4.39 Å². The van der Waals surface area contributed by atoms with E-state index in [-0.39, 0.29) is 11.2 Å². The highest BCUT2D eigenvalue weighted by atomic mass is 79.9. The lowest BCUT2D eigenvalue weighted by molar-refractivity contribution is 0.379. The molecule has 0 aliphatic heterocycles. The van der Waals surface area contributed by atoms with Gasteiger partial charge in [0.25, 0.3) is 0 Å². The topological polar surface area (TPSA) is 62.5 Å². The van der Waals surface area contributed by atoms with Crippen molar-refractivity contribution in [2.24, 2.45) is 4.99 Å². The molecule has 0 amide bonds. The molecule has 0 fully saturated rings. The fourth-order valence-corrected chi connectivity index (χ4v) is 2.38. The first-order chi connectivity index (χ1) is 11.3. The zero-order valence-electron chi connectivity index (χ0n) is 14.3. The van der Waals surface area contributed by atoms with Gasteiger partial charge in [-0.25, -0.2) is 9.37 Å². The van der Waals surface area contributed by atoms with Gasteiger partial charge in [0, 0.05) is 29.0 Å². The lowest BCUT2D eigenvalue weighted by Crippen LogP contribution is -2.36. The van der Waals surface area contributed by atoms with Crippen LogP contribution in [0.15, 0.2) is 38.3 Å². The summed E-state index contributed by atoms with van der Waals surface area (Å²) in [5, 5.41) is 6.17. The van der Waals surface area contributed by atoms with E-state index in [1.165, 1.54) is 6.07 Å². The van der Waals surface area contributed by atoms with Gasteiger partial charge in [-0.1, -0.05) is 36.7 Å². The van der Waals surface area contributed by atoms with Crippen LogP contribution in [0.3, 0.4) is 0 Å². The summed E-state index contributed by atoms with van der Waals surface area (Å²) in [6.45, 7) is 6.92. The molecular weight excluding hydrogens is 375 g/mol. The number of oxazole rings is 1. The maximum atomic E-state index is 13.7. The van der Waals surface area contributed by atoms with Crippen molar-refractivity contribution in [3.05, 3.63) is 51.9 Å². The molecule has 130 valence electrons. The van der Waals surface area contributed by atoms with Crippen LogP contribution in [-0.4, -0.2) is 18.0 Å². The molecule has 2 rings (SSSR count). The maximum absolute atomic E-state index is 13.7. The zero-order valence-corrected chi connectivity index (χ0v) is 15.9. The molecule has 0 saturated carbocycles. The second-order valence-electron chi connectivity index (χ2n) is 6.38. The minimum Gasteiger partial charge on any atom is -0.443 e. The van der Waals surface area contributed by atoms with Crippen LogP contribution in [-0.2, 0) is 18.5 Å². The highest BCUT2D eigenvalue weighted by Gasteiger charge is 2.19. The highest BCUT2D eigenvalue weighted by Crippen LogP contribution is 2.22. The SMILES string of the molecule is CN=C(NCc1ncc(C(C)(C)C)o1)NCc1cc(Br)ccc1F. The largest absolute Gasteiger partial charge is 0.443 e. The van der Waals surface area contributed by atoms with E-state index >= 15 is 0 Å². The molecule has 0 aliphatic rings. The number of hydrogen-bond donors (Lipinski definition) is 2. The first-order valence-corrected chi connectivity index (χ1v) is 8.42. The zero-order chi connectivity index (χ0) is 17.7.